The Morgan fingerprint density at radius 2 is 1.27 bits per heavy atom. The van der Waals surface area contributed by atoms with Crippen molar-refractivity contribution in [2.75, 3.05) is 40.1 Å². The highest BCUT2D eigenvalue weighted by atomic mass is 32.2. The Morgan fingerprint density at radius 3 is 1.61 bits per heavy atom. The fraction of sp³-hybridized carbons (Fsp3) is 0.958. The van der Waals surface area contributed by atoms with Crippen molar-refractivity contribution in [3.63, 3.8) is 0 Å². The molecule has 0 amide bonds. The molecule has 0 spiro atoms. The van der Waals surface area contributed by atoms with Gasteiger partial charge in [0.05, 0.1) is 26.9 Å². The van der Waals surface area contributed by atoms with Crippen LogP contribution in [0.1, 0.15) is 90.4 Å². The van der Waals surface area contributed by atoms with E-state index in [1.165, 1.54) is 38.5 Å². The zero-order chi connectivity index (χ0) is 25.5. The van der Waals surface area contributed by atoms with Gasteiger partial charge in [-0.15, -0.1) is 0 Å². The van der Waals surface area contributed by atoms with Crippen LogP contribution in [0.3, 0.4) is 0 Å². The van der Waals surface area contributed by atoms with Crippen molar-refractivity contribution < 1.29 is 37.6 Å². The van der Waals surface area contributed by atoms with Crippen molar-refractivity contribution in [1.29, 1.82) is 0 Å². The van der Waals surface area contributed by atoms with Gasteiger partial charge in [-0.3, -0.25) is 4.55 Å². The molecule has 0 aliphatic heterocycles. The number of hydrogen-bond acceptors (Lipinski definition) is 5. The molecule has 4 N–H and O–H groups in total. The molecule has 198 valence electrons. The number of quaternary nitrogens is 1. The molecule has 9 heteroatoms. The van der Waals surface area contributed by atoms with E-state index in [1.807, 2.05) is 0 Å². The van der Waals surface area contributed by atoms with Gasteiger partial charge in [0, 0.05) is 18.6 Å². The molecule has 2 unspecified atom stereocenters. The highest BCUT2D eigenvalue weighted by Crippen LogP contribution is 2.45. The number of carboxylic acids is 1. The van der Waals surface area contributed by atoms with Crippen LogP contribution in [0.4, 0.5) is 0 Å². The second-order valence-corrected chi connectivity index (χ2v) is 12.0. The number of aliphatic carboxylic acids is 1. The van der Waals surface area contributed by atoms with Crippen LogP contribution in [-0.4, -0.2) is 84.9 Å². The van der Waals surface area contributed by atoms with Crippen LogP contribution in [-0.2, 0) is 14.9 Å². The molecule has 0 fully saturated rings. The summed E-state index contributed by atoms with van der Waals surface area (Å²) in [7, 11) is 0.773. The zero-order valence-electron chi connectivity index (χ0n) is 21.3. The molecule has 0 rings (SSSR count). The van der Waals surface area contributed by atoms with Crippen LogP contribution < -0.4 is 0 Å². The monoisotopic (exact) mass is 496 g/mol. The molecule has 0 saturated heterocycles. The Balaban J connectivity index is 5.46. The fourth-order valence-electron chi connectivity index (χ4n) is 5.46. The molecule has 2 atom stereocenters. The summed E-state index contributed by atoms with van der Waals surface area (Å²) >= 11 is 0. The van der Waals surface area contributed by atoms with Crippen LogP contribution in [0, 0.1) is 11.3 Å². The predicted octanol–water partition coefficient (Wildman–Crippen LogP) is 3.71. The summed E-state index contributed by atoms with van der Waals surface area (Å²) in [5.41, 5.74) is -1.18. The molecular formula is C24H50NO7S+. The average Bonchev–Trinajstić information content (AvgIpc) is 2.66. The van der Waals surface area contributed by atoms with Gasteiger partial charge in [-0.05, 0) is 25.2 Å². The Hall–Kier alpha value is -0.740. The quantitative estimate of drug-likeness (QED) is 0.108. The summed E-state index contributed by atoms with van der Waals surface area (Å²) in [5.74, 6) is -2.37. The summed E-state index contributed by atoms with van der Waals surface area (Å²) < 4.78 is 33.5. The first-order valence-corrected chi connectivity index (χ1v) is 14.2. The Kier molecular flexibility index (Phi) is 15.7. The van der Waals surface area contributed by atoms with Crippen LogP contribution >= 0.6 is 0 Å². The average molecular weight is 497 g/mol. The molecule has 0 saturated carbocycles. The van der Waals surface area contributed by atoms with Gasteiger partial charge < -0.3 is 19.8 Å². The third-order valence-electron chi connectivity index (χ3n) is 6.84. The SMILES string of the molecule is CCCCCCCCCCCCC(CS(=O)(=O)O)C(CCO)(CCO)C(C(=O)O)[N+](C)(C)C. The van der Waals surface area contributed by atoms with Gasteiger partial charge in [0.15, 0.2) is 6.04 Å². The van der Waals surface area contributed by atoms with Gasteiger partial charge in [-0.25, -0.2) is 4.79 Å². The van der Waals surface area contributed by atoms with Crippen molar-refractivity contribution in [1.82, 2.24) is 0 Å². The lowest BCUT2D eigenvalue weighted by atomic mass is 9.63. The maximum atomic E-state index is 12.4. The highest BCUT2D eigenvalue weighted by molar-refractivity contribution is 7.85. The van der Waals surface area contributed by atoms with E-state index >= 15 is 0 Å². The van der Waals surface area contributed by atoms with E-state index in [9.17, 15) is 33.1 Å². The van der Waals surface area contributed by atoms with Crippen molar-refractivity contribution in [2.45, 2.75) is 96.4 Å². The number of aliphatic hydroxyl groups excluding tert-OH is 2. The van der Waals surface area contributed by atoms with Gasteiger partial charge in [-0.1, -0.05) is 71.1 Å². The maximum Gasteiger partial charge on any atom is 0.363 e. The Labute approximate surface area is 201 Å². The second-order valence-electron chi connectivity index (χ2n) is 10.5. The van der Waals surface area contributed by atoms with Gasteiger partial charge in [-0.2, -0.15) is 8.42 Å². The number of nitrogens with zero attached hydrogens (tertiary/aromatic N) is 1. The summed E-state index contributed by atoms with van der Waals surface area (Å²) in [5, 5.41) is 29.7. The second kappa shape index (κ2) is 16.0. The van der Waals surface area contributed by atoms with Crippen LogP contribution in [0.2, 0.25) is 0 Å². The normalized spacial score (nSPS) is 14.9. The first-order chi connectivity index (χ1) is 15.4. The third-order valence-corrected chi connectivity index (χ3v) is 7.66. The van der Waals surface area contributed by atoms with E-state index in [4.69, 9.17) is 0 Å². The van der Waals surface area contributed by atoms with E-state index in [2.05, 4.69) is 6.92 Å². The molecule has 33 heavy (non-hydrogen) atoms. The van der Waals surface area contributed by atoms with Crippen molar-refractivity contribution in [3.8, 4) is 0 Å². The van der Waals surface area contributed by atoms with Gasteiger partial charge in [0.25, 0.3) is 10.1 Å². The van der Waals surface area contributed by atoms with Crippen LogP contribution in [0.25, 0.3) is 0 Å². The lowest BCUT2D eigenvalue weighted by molar-refractivity contribution is -0.896. The van der Waals surface area contributed by atoms with Crippen molar-refractivity contribution in [3.05, 3.63) is 0 Å². The minimum Gasteiger partial charge on any atom is -0.477 e. The Morgan fingerprint density at radius 1 is 0.848 bits per heavy atom. The van der Waals surface area contributed by atoms with Crippen molar-refractivity contribution >= 4 is 16.1 Å². The molecule has 0 aromatic carbocycles. The fourth-order valence-corrected chi connectivity index (χ4v) is 6.47. The van der Waals surface area contributed by atoms with Gasteiger partial charge >= 0.3 is 5.97 Å². The van der Waals surface area contributed by atoms with E-state index in [0.29, 0.717) is 12.8 Å². The minimum absolute atomic E-state index is 0.00927. The number of carbonyl (C=O) groups is 1. The van der Waals surface area contributed by atoms with Gasteiger partial charge in [0.1, 0.15) is 0 Å². The number of aliphatic hydroxyl groups is 2. The van der Waals surface area contributed by atoms with Crippen LogP contribution in [0.5, 0.6) is 0 Å². The molecule has 8 nitrogen and oxygen atoms in total. The molecular weight excluding hydrogens is 446 g/mol. The molecule has 0 aliphatic carbocycles. The van der Waals surface area contributed by atoms with E-state index < -0.39 is 39.2 Å². The third kappa shape index (κ3) is 12.5. The number of carboxylic acid groups (broad SMARTS) is 1. The van der Waals surface area contributed by atoms with Crippen LogP contribution in [0.15, 0.2) is 0 Å². The molecule has 0 aromatic heterocycles. The largest absolute Gasteiger partial charge is 0.477 e. The first-order valence-electron chi connectivity index (χ1n) is 12.6. The molecule has 0 radical (unpaired) electrons. The lowest BCUT2D eigenvalue weighted by Crippen LogP contribution is -2.62. The summed E-state index contributed by atoms with van der Waals surface area (Å²) in [6.07, 6.45) is 11.7. The number of likely N-dealkylation sites (N-methyl/N-ethyl adjacent to an activating group) is 1. The van der Waals surface area contributed by atoms with E-state index in [1.54, 1.807) is 21.1 Å². The topological polar surface area (TPSA) is 132 Å². The lowest BCUT2D eigenvalue weighted by Gasteiger charge is -2.48. The molecule has 0 aliphatic rings. The first kappa shape index (κ1) is 32.3. The van der Waals surface area contributed by atoms with Crippen molar-refractivity contribution in [2.24, 2.45) is 11.3 Å². The predicted molar refractivity (Wildman–Crippen MR) is 132 cm³/mol. The molecule has 0 heterocycles. The molecule has 0 bridgehead atoms. The summed E-state index contributed by atoms with van der Waals surface area (Å²) in [4.78, 5) is 12.4. The number of rotatable bonds is 21. The zero-order valence-corrected chi connectivity index (χ0v) is 22.2. The summed E-state index contributed by atoms with van der Waals surface area (Å²) in [6.45, 7) is 1.54. The van der Waals surface area contributed by atoms with Gasteiger partial charge in [0.2, 0.25) is 0 Å². The number of unbranched alkanes of at least 4 members (excludes halogenated alkanes) is 9. The summed E-state index contributed by atoms with van der Waals surface area (Å²) in [6, 6.07) is -1.05. The molecule has 0 aromatic rings. The standard InChI is InChI=1S/C24H49NO7S/c1-5-6-7-8-9-10-11-12-13-14-15-21(20-33(30,31)32)24(16-18-26,17-19-27)22(23(28)29)25(2,3)4/h21-22,26-27H,5-20H2,1-4H3,(H-,28,29,30,31,32)/p+1. The highest BCUT2D eigenvalue weighted by Gasteiger charge is 2.55. The number of hydrogen-bond donors (Lipinski definition) is 4. The maximum absolute atomic E-state index is 12.4. The van der Waals surface area contributed by atoms with E-state index in [-0.39, 0.29) is 30.5 Å². The minimum atomic E-state index is -4.37. The van der Waals surface area contributed by atoms with E-state index in [0.717, 1.165) is 19.3 Å². The smallest absolute Gasteiger partial charge is 0.363 e. The Bertz CT molecular complexity index is 625.